The number of nitrogens with one attached hydrogen (secondary N) is 1. The second-order valence-electron chi connectivity index (χ2n) is 5.32. The molecule has 0 unspecified atom stereocenters. The maximum atomic E-state index is 12.7. The van der Waals surface area contributed by atoms with Gasteiger partial charge in [-0.2, -0.15) is 0 Å². The van der Waals surface area contributed by atoms with Crippen molar-refractivity contribution in [3.63, 3.8) is 0 Å². The largest absolute Gasteiger partial charge is 0.332 e. The fraction of sp³-hybridized carbons (Fsp3) is 0.400. The predicted octanol–water partition coefficient (Wildman–Crippen LogP) is 1.43. The molecule has 0 saturated carbocycles. The van der Waals surface area contributed by atoms with Gasteiger partial charge in [0.2, 0.25) is 0 Å². The van der Waals surface area contributed by atoms with Crippen LogP contribution in [0.2, 0.25) is 0 Å². The Morgan fingerprint density at radius 3 is 2.73 bits per heavy atom. The number of hydrogen-bond donors (Lipinski definition) is 1. The summed E-state index contributed by atoms with van der Waals surface area (Å²) in [4.78, 5) is 14.5. The molecule has 7 heteroatoms. The van der Waals surface area contributed by atoms with E-state index in [1.807, 2.05) is 49.1 Å². The summed E-state index contributed by atoms with van der Waals surface area (Å²) in [5.74, 6) is -0.0383. The van der Waals surface area contributed by atoms with E-state index in [4.69, 9.17) is 0 Å². The molecule has 1 aliphatic heterocycles. The van der Waals surface area contributed by atoms with Crippen molar-refractivity contribution in [2.24, 2.45) is 0 Å². The van der Waals surface area contributed by atoms with E-state index >= 15 is 0 Å². The molecule has 0 spiro atoms. The lowest BCUT2D eigenvalue weighted by Crippen LogP contribution is -2.52. The topological polar surface area (TPSA) is 63.1 Å². The summed E-state index contributed by atoms with van der Waals surface area (Å²) in [6, 6.07) is 9.90. The number of carbonyl (C=O) groups is 1. The third-order valence-corrected chi connectivity index (χ3v) is 3.86. The lowest BCUT2D eigenvalue weighted by molar-refractivity contribution is 0.0649. The molecule has 0 radical (unpaired) electrons. The smallest absolute Gasteiger partial charge is 0.276 e. The first-order chi connectivity index (χ1) is 10.2. The number of halogens is 1. The number of benzene rings is 1. The molecule has 1 aromatic carbocycles. The quantitative estimate of drug-likeness (QED) is 0.909. The zero-order valence-corrected chi connectivity index (χ0v) is 13.5. The number of amides is 1. The second kappa shape index (κ2) is 6.89. The van der Waals surface area contributed by atoms with Crippen LogP contribution in [0.4, 0.5) is 0 Å². The fourth-order valence-electron chi connectivity index (χ4n) is 2.62. The molecule has 0 bridgehead atoms. The first kappa shape index (κ1) is 16.5. The van der Waals surface area contributed by atoms with Crippen LogP contribution in [0.5, 0.6) is 0 Å². The minimum absolute atomic E-state index is 0. The van der Waals surface area contributed by atoms with Crippen LogP contribution in [0.1, 0.15) is 23.1 Å². The summed E-state index contributed by atoms with van der Waals surface area (Å²) in [5, 5.41) is 11.5. The van der Waals surface area contributed by atoms with Crippen LogP contribution in [0, 0.1) is 6.92 Å². The normalized spacial score (nSPS) is 17.9. The second-order valence-corrected chi connectivity index (χ2v) is 5.32. The maximum Gasteiger partial charge on any atom is 0.276 e. The summed E-state index contributed by atoms with van der Waals surface area (Å²) in [7, 11) is 0. The summed E-state index contributed by atoms with van der Waals surface area (Å²) in [5.41, 5.74) is 2.12. The monoisotopic (exact) mass is 321 g/mol. The van der Waals surface area contributed by atoms with Crippen molar-refractivity contribution in [3.05, 3.63) is 41.7 Å². The van der Waals surface area contributed by atoms with E-state index in [1.165, 1.54) is 0 Å². The van der Waals surface area contributed by atoms with Gasteiger partial charge in [-0.05, 0) is 26.0 Å². The minimum atomic E-state index is -0.0383. The van der Waals surface area contributed by atoms with Crippen LogP contribution in [-0.4, -0.2) is 51.5 Å². The molecule has 2 heterocycles. The van der Waals surface area contributed by atoms with E-state index in [9.17, 15) is 4.79 Å². The average molecular weight is 322 g/mol. The first-order valence-corrected chi connectivity index (χ1v) is 7.18. The Hall–Kier alpha value is -1.92. The first-order valence-electron chi connectivity index (χ1n) is 7.18. The summed E-state index contributed by atoms with van der Waals surface area (Å²) < 4.78 is 1.71. The van der Waals surface area contributed by atoms with E-state index < -0.39 is 0 Å². The van der Waals surface area contributed by atoms with Crippen LogP contribution in [-0.2, 0) is 0 Å². The number of para-hydroxylation sites is 1. The SMILES string of the molecule is Cc1c(C(=O)N2CCNC[C@H]2C)nnn1-c1ccccc1.Cl. The lowest BCUT2D eigenvalue weighted by Gasteiger charge is -2.33. The van der Waals surface area contributed by atoms with Crippen LogP contribution in [0.25, 0.3) is 5.69 Å². The molecule has 118 valence electrons. The van der Waals surface area contributed by atoms with Crippen molar-refractivity contribution in [1.82, 2.24) is 25.2 Å². The highest BCUT2D eigenvalue weighted by molar-refractivity contribution is 5.93. The van der Waals surface area contributed by atoms with E-state index in [1.54, 1.807) is 4.68 Å². The zero-order chi connectivity index (χ0) is 14.8. The number of nitrogens with zero attached hydrogens (tertiary/aromatic N) is 4. The van der Waals surface area contributed by atoms with Gasteiger partial charge < -0.3 is 10.2 Å². The zero-order valence-electron chi connectivity index (χ0n) is 12.7. The molecule has 1 aliphatic rings. The average Bonchev–Trinajstić information content (AvgIpc) is 2.90. The van der Waals surface area contributed by atoms with Crippen molar-refractivity contribution in [1.29, 1.82) is 0 Å². The van der Waals surface area contributed by atoms with Crippen LogP contribution in [0.3, 0.4) is 0 Å². The third-order valence-electron chi connectivity index (χ3n) is 3.86. The van der Waals surface area contributed by atoms with Gasteiger partial charge in [-0.15, -0.1) is 17.5 Å². The molecule has 0 aliphatic carbocycles. The van der Waals surface area contributed by atoms with Crippen molar-refractivity contribution >= 4 is 18.3 Å². The Balaban J connectivity index is 0.00000176. The van der Waals surface area contributed by atoms with Crippen molar-refractivity contribution < 1.29 is 4.79 Å². The lowest BCUT2D eigenvalue weighted by atomic mass is 10.2. The van der Waals surface area contributed by atoms with E-state index in [-0.39, 0.29) is 24.4 Å². The Kier molecular flexibility index (Phi) is 5.15. The molecule has 6 nitrogen and oxygen atoms in total. The molecule has 1 aromatic heterocycles. The fourth-order valence-corrected chi connectivity index (χ4v) is 2.62. The van der Waals surface area contributed by atoms with E-state index in [0.717, 1.165) is 24.5 Å². The Labute approximate surface area is 135 Å². The third kappa shape index (κ3) is 2.98. The van der Waals surface area contributed by atoms with Crippen molar-refractivity contribution in [3.8, 4) is 5.69 Å². The van der Waals surface area contributed by atoms with Crippen LogP contribution < -0.4 is 5.32 Å². The Bertz CT molecular complexity index is 643. The number of hydrogen-bond acceptors (Lipinski definition) is 4. The van der Waals surface area contributed by atoms with Gasteiger partial charge in [0, 0.05) is 25.7 Å². The van der Waals surface area contributed by atoms with Gasteiger partial charge in [-0.3, -0.25) is 4.79 Å². The summed E-state index contributed by atoms with van der Waals surface area (Å²) in [6.07, 6.45) is 0. The van der Waals surface area contributed by atoms with Crippen LogP contribution >= 0.6 is 12.4 Å². The van der Waals surface area contributed by atoms with Gasteiger partial charge in [0.25, 0.3) is 5.91 Å². The van der Waals surface area contributed by atoms with Gasteiger partial charge in [0.15, 0.2) is 5.69 Å². The number of aromatic nitrogens is 3. The van der Waals surface area contributed by atoms with E-state index in [0.29, 0.717) is 12.2 Å². The van der Waals surface area contributed by atoms with Crippen molar-refractivity contribution in [2.75, 3.05) is 19.6 Å². The van der Waals surface area contributed by atoms with E-state index in [2.05, 4.69) is 15.6 Å². The Morgan fingerprint density at radius 1 is 1.32 bits per heavy atom. The van der Waals surface area contributed by atoms with Gasteiger partial charge in [0.05, 0.1) is 11.4 Å². The summed E-state index contributed by atoms with van der Waals surface area (Å²) >= 11 is 0. The standard InChI is InChI=1S/C15H19N5O.ClH/c1-11-10-16-8-9-19(11)15(21)14-12(2)20(18-17-14)13-6-4-3-5-7-13;/h3-7,11,16H,8-10H2,1-2H3;1H/t11-;/m1./s1. The molecule has 1 amide bonds. The van der Waals surface area contributed by atoms with Gasteiger partial charge in [-0.1, -0.05) is 23.4 Å². The summed E-state index contributed by atoms with van der Waals surface area (Å²) in [6.45, 7) is 6.27. The maximum absolute atomic E-state index is 12.7. The van der Waals surface area contributed by atoms with Gasteiger partial charge in [0.1, 0.15) is 0 Å². The number of rotatable bonds is 2. The van der Waals surface area contributed by atoms with Gasteiger partial charge >= 0.3 is 0 Å². The highest BCUT2D eigenvalue weighted by atomic mass is 35.5. The molecule has 1 atom stereocenters. The molecule has 22 heavy (non-hydrogen) atoms. The highest BCUT2D eigenvalue weighted by Crippen LogP contribution is 2.15. The molecule has 1 fully saturated rings. The highest BCUT2D eigenvalue weighted by Gasteiger charge is 2.28. The van der Waals surface area contributed by atoms with Crippen molar-refractivity contribution in [2.45, 2.75) is 19.9 Å². The number of piperazine rings is 1. The molecule has 3 rings (SSSR count). The molecule has 1 N–H and O–H groups in total. The van der Waals surface area contributed by atoms with Gasteiger partial charge in [-0.25, -0.2) is 4.68 Å². The Morgan fingerprint density at radius 2 is 2.05 bits per heavy atom. The molecule has 1 saturated heterocycles. The minimum Gasteiger partial charge on any atom is -0.332 e. The molecular weight excluding hydrogens is 302 g/mol. The predicted molar refractivity (Wildman–Crippen MR) is 86.7 cm³/mol. The number of carbonyl (C=O) groups excluding carboxylic acids is 1. The molecule has 2 aromatic rings. The van der Waals surface area contributed by atoms with Crippen LogP contribution in [0.15, 0.2) is 30.3 Å². The molecular formula is C15H20ClN5O.